The van der Waals surface area contributed by atoms with Crippen LogP contribution in [0, 0.1) is 12.7 Å². The lowest BCUT2D eigenvalue weighted by atomic mass is 10.0. The third-order valence-corrected chi connectivity index (χ3v) is 4.44. The smallest absolute Gasteiger partial charge is 0.126 e. The number of likely N-dealkylation sites (tertiary alicyclic amines) is 1. The normalized spacial score (nSPS) is 21.3. The molecule has 2 rings (SSSR count). The van der Waals surface area contributed by atoms with Crippen molar-refractivity contribution in [3.05, 3.63) is 35.1 Å². The Kier molecular flexibility index (Phi) is 5.55. The monoisotopic (exact) mass is 278 g/mol. The summed E-state index contributed by atoms with van der Waals surface area (Å²) in [6.07, 6.45) is 3.66. The Morgan fingerprint density at radius 3 is 2.85 bits per heavy atom. The fourth-order valence-electron chi connectivity index (χ4n) is 3.08. The summed E-state index contributed by atoms with van der Waals surface area (Å²) in [6, 6.07) is 6.58. The molecule has 1 aromatic carbocycles. The van der Waals surface area contributed by atoms with E-state index in [2.05, 4.69) is 30.1 Å². The first-order chi connectivity index (χ1) is 9.61. The van der Waals surface area contributed by atoms with Gasteiger partial charge in [-0.05, 0) is 63.4 Å². The summed E-state index contributed by atoms with van der Waals surface area (Å²) in [5, 5.41) is 3.49. The van der Waals surface area contributed by atoms with Crippen molar-refractivity contribution in [2.75, 3.05) is 19.6 Å². The maximum atomic E-state index is 13.7. The van der Waals surface area contributed by atoms with Gasteiger partial charge in [0.15, 0.2) is 0 Å². The van der Waals surface area contributed by atoms with E-state index in [1.165, 1.54) is 19.4 Å². The lowest BCUT2D eigenvalue weighted by molar-refractivity contribution is 0.252. The molecule has 0 bridgehead atoms. The summed E-state index contributed by atoms with van der Waals surface area (Å²) in [5.74, 6) is -0.0973. The van der Waals surface area contributed by atoms with Crippen LogP contribution in [0.3, 0.4) is 0 Å². The zero-order chi connectivity index (χ0) is 14.5. The number of hydrogen-bond acceptors (Lipinski definition) is 2. The maximum absolute atomic E-state index is 13.7. The molecule has 0 aliphatic carbocycles. The van der Waals surface area contributed by atoms with Gasteiger partial charge in [0.25, 0.3) is 0 Å². The van der Waals surface area contributed by atoms with Crippen molar-refractivity contribution in [2.24, 2.45) is 0 Å². The molecule has 0 amide bonds. The van der Waals surface area contributed by atoms with E-state index in [1.807, 2.05) is 13.0 Å². The van der Waals surface area contributed by atoms with Gasteiger partial charge in [0.2, 0.25) is 0 Å². The first kappa shape index (κ1) is 15.5. The van der Waals surface area contributed by atoms with Crippen molar-refractivity contribution in [1.82, 2.24) is 10.2 Å². The number of aryl methyl sites for hydroxylation is 1. The molecule has 0 radical (unpaired) electrons. The van der Waals surface area contributed by atoms with E-state index in [0.717, 1.165) is 30.6 Å². The van der Waals surface area contributed by atoms with E-state index in [1.54, 1.807) is 6.07 Å². The van der Waals surface area contributed by atoms with Gasteiger partial charge < -0.3 is 10.2 Å². The first-order valence-electron chi connectivity index (χ1n) is 7.85. The van der Waals surface area contributed by atoms with Crippen LogP contribution in [0.25, 0.3) is 0 Å². The Bertz CT molecular complexity index is 433. The summed E-state index contributed by atoms with van der Waals surface area (Å²) in [6.45, 7) is 9.44. The van der Waals surface area contributed by atoms with Crippen LogP contribution in [-0.2, 0) is 0 Å². The van der Waals surface area contributed by atoms with Crippen molar-refractivity contribution in [3.63, 3.8) is 0 Å². The highest BCUT2D eigenvalue weighted by Gasteiger charge is 2.21. The highest BCUT2D eigenvalue weighted by atomic mass is 19.1. The minimum absolute atomic E-state index is 0.0973. The molecule has 1 aromatic rings. The van der Waals surface area contributed by atoms with Gasteiger partial charge in [-0.3, -0.25) is 0 Å². The Labute approximate surface area is 122 Å². The predicted molar refractivity (Wildman–Crippen MR) is 82.4 cm³/mol. The molecule has 0 saturated carbocycles. The van der Waals surface area contributed by atoms with Crippen LogP contribution in [0.4, 0.5) is 4.39 Å². The van der Waals surface area contributed by atoms with Crippen molar-refractivity contribution in [1.29, 1.82) is 0 Å². The predicted octanol–water partition coefficient (Wildman–Crippen LogP) is 3.66. The molecule has 2 unspecified atom stereocenters. The molecule has 1 saturated heterocycles. The highest BCUT2D eigenvalue weighted by molar-refractivity contribution is 5.25. The molecule has 1 aliphatic rings. The van der Waals surface area contributed by atoms with Gasteiger partial charge in [-0.25, -0.2) is 4.39 Å². The van der Waals surface area contributed by atoms with E-state index >= 15 is 0 Å². The van der Waals surface area contributed by atoms with E-state index in [4.69, 9.17) is 0 Å². The van der Waals surface area contributed by atoms with E-state index in [9.17, 15) is 4.39 Å². The van der Waals surface area contributed by atoms with Crippen molar-refractivity contribution < 1.29 is 4.39 Å². The van der Waals surface area contributed by atoms with Crippen LogP contribution < -0.4 is 5.32 Å². The van der Waals surface area contributed by atoms with Crippen molar-refractivity contribution >= 4 is 0 Å². The third kappa shape index (κ3) is 3.80. The molecule has 1 heterocycles. The molecule has 1 N–H and O–H groups in total. The maximum Gasteiger partial charge on any atom is 0.126 e. The molecule has 20 heavy (non-hydrogen) atoms. The van der Waals surface area contributed by atoms with Gasteiger partial charge in [0.05, 0.1) is 0 Å². The van der Waals surface area contributed by atoms with Crippen LogP contribution in [0.15, 0.2) is 18.2 Å². The zero-order valence-corrected chi connectivity index (χ0v) is 13.0. The Morgan fingerprint density at radius 2 is 2.25 bits per heavy atom. The van der Waals surface area contributed by atoms with Gasteiger partial charge >= 0.3 is 0 Å². The minimum Gasteiger partial charge on any atom is -0.310 e. The second-order valence-corrected chi connectivity index (χ2v) is 5.93. The number of rotatable bonds is 6. The fourth-order valence-corrected chi connectivity index (χ4v) is 3.08. The van der Waals surface area contributed by atoms with Crippen molar-refractivity contribution in [2.45, 2.75) is 52.1 Å². The fraction of sp³-hybridized carbons (Fsp3) is 0.647. The summed E-state index contributed by atoms with van der Waals surface area (Å²) in [4.78, 5) is 2.55. The summed E-state index contributed by atoms with van der Waals surface area (Å²) >= 11 is 0. The van der Waals surface area contributed by atoms with E-state index in [-0.39, 0.29) is 11.9 Å². The zero-order valence-electron chi connectivity index (χ0n) is 13.0. The molecule has 0 aromatic heterocycles. The van der Waals surface area contributed by atoms with Crippen LogP contribution >= 0.6 is 0 Å². The topological polar surface area (TPSA) is 15.3 Å². The van der Waals surface area contributed by atoms with Gasteiger partial charge in [-0.1, -0.05) is 19.1 Å². The summed E-state index contributed by atoms with van der Waals surface area (Å²) in [7, 11) is 0. The van der Waals surface area contributed by atoms with Crippen molar-refractivity contribution in [3.8, 4) is 0 Å². The van der Waals surface area contributed by atoms with Crippen LogP contribution in [-0.4, -0.2) is 30.6 Å². The number of nitrogens with zero attached hydrogens (tertiary/aromatic N) is 1. The second-order valence-electron chi connectivity index (χ2n) is 5.93. The molecular formula is C17H27FN2. The average Bonchev–Trinajstić information content (AvgIpc) is 2.83. The second kappa shape index (κ2) is 7.19. The van der Waals surface area contributed by atoms with Gasteiger partial charge in [0, 0.05) is 18.6 Å². The number of hydrogen-bond donors (Lipinski definition) is 1. The number of benzene rings is 1. The highest BCUT2D eigenvalue weighted by Crippen LogP contribution is 2.23. The molecule has 3 heteroatoms. The third-order valence-electron chi connectivity index (χ3n) is 4.44. The molecule has 112 valence electrons. The lowest BCUT2D eigenvalue weighted by Crippen LogP contribution is -2.31. The Balaban J connectivity index is 2.00. The lowest BCUT2D eigenvalue weighted by Gasteiger charge is -2.25. The Hall–Kier alpha value is -0.930. The molecular weight excluding hydrogens is 251 g/mol. The van der Waals surface area contributed by atoms with E-state index < -0.39 is 0 Å². The standard InChI is InChI=1S/C17H27FN2/c1-4-19-17(9-11-20-10-5-6-14(20)3)15-8-7-13(2)16(18)12-15/h7-8,12,14,17,19H,4-6,9-11H2,1-3H3. The minimum atomic E-state index is -0.0973. The van der Waals surface area contributed by atoms with Gasteiger partial charge in [-0.2, -0.15) is 0 Å². The summed E-state index contributed by atoms with van der Waals surface area (Å²) < 4.78 is 13.7. The quantitative estimate of drug-likeness (QED) is 0.854. The Morgan fingerprint density at radius 1 is 1.45 bits per heavy atom. The summed E-state index contributed by atoms with van der Waals surface area (Å²) in [5.41, 5.74) is 1.79. The van der Waals surface area contributed by atoms with Gasteiger partial charge in [-0.15, -0.1) is 0 Å². The van der Waals surface area contributed by atoms with Crippen LogP contribution in [0.2, 0.25) is 0 Å². The molecule has 1 aliphatic heterocycles. The SMILES string of the molecule is CCNC(CCN1CCCC1C)c1ccc(C)c(F)c1. The molecule has 0 spiro atoms. The van der Waals surface area contributed by atoms with Crippen LogP contribution in [0.5, 0.6) is 0 Å². The number of halogens is 1. The average molecular weight is 278 g/mol. The number of nitrogens with one attached hydrogen (secondary N) is 1. The molecule has 2 nitrogen and oxygen atoms in total. The van der Waals surface area contributed by atoms with Gasteiger partial charge in [0.1, 0.15) is 5.82 Å². The van der Waals surface area contributed by atoms with E-state index in [0.29, 0.717) is 6.04 Å². The van der Waals surface area contributed by atoms with Crippen LogP contribution in [0.1, 0.15) is 50.3 Å². The molecule has 1 fully saturated rings. The largest absolute Gasteiger partial charge is 0.310 e. The molecule has 2 atom stereocenters. The first-order valence-corrected chi connectivity index (χ1v) is 7.85.